The van der Waals surface area contributed by atoms with Gasteiger partial charge in [0, 0.05) is 18.7 Å². The lowest BCUT2D eigenvalue weighted by Crippen LogP contribution is -2.70. The Hall–Kier alpha value is -3.99. The van der Waals surface area contributed by atoms with Crippen LogP contribution >= 0.6 is 0 Å². The molecule has 1 unspecified atom stereocenters. The summed E-state index contributed by atoms with van der Waals surface area (Å²) in [5.74, 6) is 0.893. The minimum Gasteiger partial charge on any atom is -0.438 e. The largest absolute Gasteiger partial charge is 0.438 e. The molecule has 10 heteroatoms. The SMILES string of the molecule is CO[C@@H]1COC2(C)c3c(Oc4c(C)cc(/C=C/C#N)cc4C)nc(NC45CC(C#N)(C4)C5)nc3C(=O)N2C1. The molecule has 0 spiro atoms. The fourth-order valence-corrected chi connectivity index (χ4v) is 6.41. The number of aromatic nitrogens is 2. The van der Waals surface area contributed by atoms with Gasteiger partial charge in [-0.15, -0.1) is 0 Å². The van der Waals surface area contributed by atoms with E-state index in [2.05, 4.69) is 16.4 Å². The second-order valence-electron chi connectivity index (χ2n) is 11.0. The van der Waals surface area contributed by atoms with E-state index >= 15 is 0 Å². The number of amides is 1. The first-order valence-electron chi connectivity index (χ1n) is 12.6. The van der Waals surface area contributed by atoms with Crippen molar-refractivity contribution in [1.82, 2.24) is 14.9 Å². The molecule has 3 heterocycles. The van der Waals surface area contributed by atoms with Crippen molar-refractivity contribution in [3.05, 3.63) is 46.2 Å². The number of hydrogen-bond acceptors (Lipinski definition) is 9. The number of methoxy groups -OCH3 is 1. The van der Waals surface area contributed by atoms with E-state index in [9.17, 15) is 10.1 Å². The van der Waals surface area contributed by atoms with E-state index in [1.807, 2.05) is 39.0 Å². The summed E-state index contributed by atoms with van der Waals surface area (Å²) in [6.45, 7) is 6.35. The molecule has 2 aromatic rings. The van der Waals surface area contributed by atoms with Crippen molar-refractivity contribution in [3.63, 3.8) is 0 Å². The quantitative estimate of drug-likeness (QED) is 0.571. The van der Waals surface area contributed by atoms with Crippen molar-refractivity contribution in [3.8, 4) is 23.8 Å². The molecule has 10 nitrogen and oxygen atoms in total. The Morgan fingerprint density at radius 1 is 1.21 bits per heavy atom. The Morgan fingerprint density at radius 3 is 2.55 bits per heavy atom. The van der Waals surface area contributed by atoms with Crippen molar-refractivity contribution in [2.45, 2.75) is 57.4 Å². The number of nitrogens with one attached hydrogen (secondary N) is 1. The van der Waals surface area contributed by atoms with Crippen molar-refractivity contribution in [2.75, 3.05) is 25.6 Å². The third-order valence-corrected chi connectivity index (χ3v) is 8.25. The van der Waals surface area contributed by atoms with E-state index < -0.39 is 5.72 Å². The zero-order valence-corrected chi connectivity index (χ0v) is 21.8. The maximum Gasteiger partial charge on any atom is 0.275 e. The molecule has 194 valence electrons. The first-order chi connectivity index (χ1) is 18.1. The van der Waals surface area contributed by atoms with Crippen LogP contribution in [0, 0.1) is 41.9 Å². The minimum absolute atomic E-state index is 0.224. The van der Waals surface area contributed by atoms with Gasteiger partial charge in [-0.1, -0.05) is 0 Å². The highest BCUT2D eigenvalue weighted by atomic mass is 16.6. The smallest absolute Gasteiger partial charge is 0.275 e. The van der Waals surface area contributed by atoms with Gasteiger partial charge in [0.1, 0.15) is 11.4 Å². The van der Waals surface area contributed by atoms with E-state index in [0.29, 0.717) is 30.4 Å². The van der Waals surface area contributed by atoms with Gasteiger partial charge in [-0.25, -0.2) is 4.98 Å². The molecule has 3 aliphatic carbocycles. The molecule has 2 bridgehead atoms. The number of benzene rings is 1. The number of nitrogens with zero attached hydrogens (tertiary/aromatic N) is 5. The number of rotatable bonds is 6. The van der Waals surface area contributed by atoms with Crippen LogP contribution in [0.15, 0.2) is 18.2 Å². The van der Waals surface area contributed by atoms with E-state index in [4.69, 9.17) is 24.5 Å². The number of carbonyl (C=O) groups excluding carboxylic acids is 1. The van der Waals surface area contributed by atoms with E-state index in [0.717, 1.165) is 36.0 Å². The van der Waals surface area contributed by atoms with Crippen LogP contribution < -0.4 is 10.1 Å². The first kappa shape index (κ1) is 24.4. The molecular formula is C28H28N6O4. The van der Waals surface area contributed by atoms with Crippen molar-refractivity contribution in [1.29, 1.82) is 10.5 Å². The molecule has 2 aliphatic heterocycles. The number of aryl methyl sites for hydroxylation is 2. The molecule has 5 aliphatic rings. The van der Waals surface area contributed by atoms with Gasteiger partial charge in [0.2, 0.25) is 11.8 Å². The van der Waals surface area contributed by atoms with E-state index in [-0.39, 0.29) is 34.5 Å². The summed E-state index contributed by atoms with van der Waals surface area (Å²) in [6.07, 6.45) is 5.13. The molecule has 7 rings (SSSR count). The molecule has 1 amide bonds. The number of ether oxygens (including phenoxy) is 3. The molecular weight excluding hydrogens is 484 g/mol. The average molecular weight is 513 g/mol. The van der Waals surface area contributed by atoms with Gasteiger partial charge in [0.25, 0.3) is 5.91 Å². The number of allylic oxidation sites excluding steroid dienone is 1. The Labute approximate surface area is 220 Å². The maximum atomic E-state index is 13.6. The molecule has 1 N–H and O–H groups in total. The summed E-state index contributed by atoms with van der Waals surface area (Å²) < 4.78 is 18.2. The number of hydrogen-bond donors (Lipinski definition) is 1. The van der Waals surface area contributed by atoms with Crippen LogP contribution in [0.25, 0.3) is 6.08 Å². The minimum atomic E-state index is -1.10. The second-order valence-corrected chi connectivity index (χ2v) is 11.0. The van der Waals surface area contributed by atoms with Gasteiger partial charge in [0.05, 0.1) is 42.4 Å². The third kappa shape index (κ3) is 3.48. The Morgan fingerprint density at radius 2 is 1.92 bits per heavy atom. The molecule has 4 fully saturated rings. The van der Waals surface area contributed by atoms with Crippen molar-refractivity contribution >= 4 is 17.9 Å². The fraction of sp³-hybridized carbons (Fsp3) is 0.464. The van der Waals surface area contributed by atoms with Crippen LogP contribution in [-0.2, 0) is 15.2 Å². The Kier molecular flexibility index (Phi) is 5.29. The molecule has 38 heavy (non-hydrogen) atoms. The summed E-state index contributed by atoms with van der Waals surface area (Å²) in [5, 5.41) is 21.7. The maximum absolute atomic E-state index is 13.6. The van der Waals surface area contributed by atoms with Crippen LogP contribution in [0.3, 0.4) is 0 Å². The lowest BCUT2D eigenvalue weighted by Gasteiger charge is -2.66. The van der Waals surface area contributed by atoms with Crippen LogP contribution in [0.4, 0.5) is 5.95 Å². The first-order valence-corrected chi connectivity index (χ1v) is 12.6. The molecule has 0 radical (unpaired) electrons. The average Bonchev–Trinajstić information content (AvgIpc) is 3.07. The number of fused-ring (bicyclic) bond motifs is 3. The Balaban J connectivity index is 1.42. The summed E-state index contributed by atoms with van der Waals surface area (Å²) >= 11 is 0. The number of carbonyl (C=O) groups is 1. The zero-order chi connectivity index (χ0) is 26.9. The number of anilines is 1. The zero-order valence-electron chi connectivity index (χ0n) is 21.8. The lowest BCUT2D eigenvalue weighted by molar-refractivity contribution is -0.194. The van der Waals surface area contributed by atoms with E-state index in [1.54, 1.807) is 18.1 Å². The normalized spacial score (nSPS) is 30.5. The van der Waals surface area contributed by atoms with E-state index in [1.165, 1.54) is 6.08 Å². The van der Waals surface area contributed by atoms with Crippen LogP contribution in [-0.4, -0.2) is 52.7 Å². The van der Waals surface area contributed by atoms with Crippen molar-refractivity contribution in [2.24, 2.45) is 5.41 Å². The molecule has 1 saturated heterocycles. The standard InChI is InChI=1S/C28H28N6O4/c1-16-8-18(6-5-7-29)9-17(2)22(16)38-23-20-21(24(35)34-10-19(36-4)11-37-26(20,34)3)31-25(32-23)33-28-12-27(13-28,14-28)15-30/h5-6,8-9,19H,10-14H2,1-4H3,(H,31,32,33)/b6-5+/t19-,26?,27?,28?/m0/s1. The van der Waals surface area contributed by atoms with Gasteiger partial charge < -0.3 is 24.4 Å². The highest BCUT2D eigenvalue weighted by Gasteiger charge is 2.69. The summed E-state index contributed by atoms with van der Waals surface area (Å²) in [7, 11) is 1.60. The summed E-state index contributed by atoms with van der Waals surface area (Å²) in [4.78, 5) is 24.7. The van der Waals surface area contributed by atoms with Gasteiger partial charge in [0.15, 0.2) is 5.72 Å². The van der Waals surface area contributed by atoms with Crippen LogP contribution in [0.5, 0.6) is 11.6 Å². The summed E-state index contributed by atoms with van der Waals surface area (Å²) in [6, 6.07) is 8.28. The molecule has 1 aromatic carbocycles. The third-order valence-electron chi connectivity index (χ3n) is 8.25. The van der Waals surface area contributed by atoms with Gasteiger partial charge >= 0.3 is 0 Å². The molecule has 3 saturated carbocycles. The summed E-state index contributed by atoms with van der Waals surface area (Å²) in [5.41, 5.74) is 1.75. The highest BCUT2D eigenvalue weighted by Crippen LogP contribution is 2.67. The monoisotopic (exact) mass is 512 g/mol. The lowest BCUT2D eigenvalue weighted by atomic mass is 9.40. The topological polar surface area (TPSA) is 133 Å². The fourth-order valence-electron chi connectivity index (χ4n) is 6.41. The molecule has 2 atom stereocenters. The predicted molar refractivity (Wildman–Crippen MR) is 136 cm³/mol. The van der Waals surface area contributed by atoms with Crippen molar-refractivity contribution < 1.29 is 19.0 Å². The second kappa shape index (κ2) is 8.26. The van der Waals surface area contributed by atoms with Gasteiger partial charge in [-0.05, 0) is 74.9 Å². The van der Waals surface area contributed by atoms with Gasteiger partial charge in [-0.2, -0.15) is 15.5 Å². The van der Waals surface area contributed by atoms with Crippen LogP contribution in [0.1, 0.15) is 58.9 Å². The number of nitriles is 2. The van der Waals surface area contributed by atoms with Gasteiger partial charge in [-0.3, -0.25) is 4.79 Å². The predicted octanol–water partition coefficient (Wildman–Crippen LogP) is 3.95. The Bertz CT molecular complexity index is 1440. The van der Waals surface area contributed by atoms with Crippen LogP contribution in [0.2, 0.25) is 0 Å². The molecule has 1 aromatic heterocycles. The highest BCUT2D eigenvalue weighted by molar-refractivity contribution is 5.99.